The second kappa shape index (κ2) is 6.72. The van der Waals surface area contributed by atoms with Crippen LogP contribution in [0.15, 0.2) is 24.3 Å². The third-order valence-electron chi connectivity index (χ3n) is 3.36. The summed E-state index contributed by atoms with van der Waals surface area (Å²) >= 11 is 0. The summed E-state index contributed by atoms with van der Waals surface area (Å²) in [5.74, 6) is -0.965. The molecule has 1 atom stereocenters. The summed E-state index contributed by atoms with van der Waals surface area (Å²) in [6, 6.07) is 6.81. The zero-order valence-electron chi connectivity index (χ0n) is 13.1. The van der Waals surface area contributed by atoms with Crippen molar-refractivity contribution in [2.75, 3.05) is 7.11 Å². The van der Waals surface area contributed by atoms with Crippen LogP contribution < -0.4 is 5.32 Å². The Morgan fingerprint density at radius 3 is 2.14 bits per heavy atom. The normalized spacial score (nSPS) is 12.9. The smallest absolute Gasteiger partial charge is 0.337 e. The molecular formula is C16H23NO4. The van der Waals surface area contributed by atoms with E-state index in [-0.39, 0.29) is 5.92 Å². The zero-order chi connectivity index (χ0) is 16.2. The minimum atomic E-state index is -1.04. The van der Waals surface area contributed by atoms with E-state index in [1.165, 1.54) is 7.11 Å². The van der Waals surface area contributed by atoms with Gasteiger partial charge >= 0.3 is 5.97 Å². The molecule has 116 valence electrons. The van der Waals surface area contributed by atoms with Crippen molar-refractivity contribution in [1.82, 2.24) is 5.32 Å². The van der Waals surface area contributed by atoms with Crippen molar-refractivity contribution in [3.63, 3.8) is 0 Å². The molecule has 0 bridgehead atoms. The fraction of sp³-hybridized carbons (Fsp3) is 0.500. The van der Waals surface area contributed by atoms with Crippen LogP contribution in [0.25, 0.3) is 0 Å². The van der Waals surface area contributed by atoms with Crippen LogP contribution >= 0.6 is 0 Å². The molecule has 2 N–H and O–H groups in total. The van der Waals surface area contributed by atoms with Crippen LogP contribution in [0.5, 0.6) is 0 Å². The molecule has 0 spiro atoms. The Kier molecular flexibility index (Phi) is 5.49. The first kappa shape index (κ1) is 17.2. The topological polar surface area (TPSA) is 75.6 Å². The van der Waals surface area contributed by atoms with Gasteiger partial charge in [-0.1, -0.05) is 26.0 Å². The lowest BCUT2D eigenvalue weighted by molar-refractivity contribution is -0.133. The first-order chi connectivity index (χ1) is 9.69. The number of carbonyl (C=O) groups is 2. The maximum Gasteiger partial charge on any atom is 0.337 e. The van der Waals surface area contributed by atoms with Crippen molar-refractivity contribution in [2.45, 2.75) is 39.3 Å². The minimum Gasteiger partial charge on any atom is -0.465 e. The summed E-state index contributed by atoms with van der Waals surface area (Å²) in [5.41, 5.74) is 0.631. The summed E-state index contributed by atoms with van der Waals surface area (Å²) in [6.07, 6.45) is -1.04. The summed E-state index contributed by atoms with van der Waals surface area (Å²) in [5, 5.41) is 12.6. The fourth-order valence-electron chi connectivity index (χ4n) is 1.90. The van der Waals surface area contributed by atoms with Crippen molar-refractivity contribution in [1.29, 1.82) is 0 Å². The predicted octanol–water partition coefficient (Wildman–Crippen LogP) is 1.84. The molecule has 0 aliphatic carbocycles. The molecule has 5 nitrogen and oxygen atoms in total. The maximum absolute atomic E-state index is 12.0. The maximum atomic E-state index is 12.0. The summed E-state index contributed by atoms with van der Waals surface area (Å²) in [7, 11) is 1.33. The van der Waals surface area contributed by atoms with Crippen molar-refractivity contribution >= 4 is 11.9 Å². The first-order valence-electron chi connectivity index (χ1n) is 6.88. The van der Waals surface area contributed by atoms with Gasteiger partial charge in [0.15, 0.2) is 0 Å². The second-order valence-corrected chi connectivity index (χ2v) is 5.87. The van der Waals surface area contributed by atoms with E-state index in [2.05, 4.69) is 10.1 Å². The number of hydrogen-bond acceptors (Lipinski definition) is 4. The van der Waals surface area contributed by atoms with Gasteiger partial charge in [-0.15, -0.1) is 0 Å². The Bertz CT molecular complexity index is 506. The van der Waals surface area contributed by atoms with Crippen LogP contribution in [0.2, 0.25) is 0 Å². The molecule has 1 aromatic carbocycles. The molecule has 1 rings (SSSR count). The van der Waals surface area contributed by atoms with Gasteiger partial charge in [0.2, 0.25) is 5.91 Å². The highest BCUT2D eigenvalue weighted by Gasteiger charge is 2.27. The van der Waals surface area contributed by atoms with E-state index in [1.807, 2.05) is 13.8 Å². The molecule has 21 heavy (non-hydrogen) atoms. The number of esters is 1. The lowest BCUT2D eigenvalue weighted by Gasteiger charge is -2.29. The molecule has 0 aliphatic heterocycles. The molecule has 1 amide bonds. The molecular weight excluding hydrogens is 270 g/mol. The van der Waals surface area contributed by atoms with Crippen LogP contribution in [0.3, 0.4) is 0 Å². The van der Waals surface area contributed by atoms with Gasteiger partial charge in [-0.3, -0.25) is 4.79 Å². The predicted molar refractivity (Wildman–Crippen MR) is 79.8 cm³/mol. The average molecular weight is 293 g/mol. The minimum absolute atomic E-state index is 0.150. The molecule has 0 fully saturated rings. The lowest BCUT2D eigenvalue weighted by atomic mass is 9.92. The highest BCUT2D eigenvalue weighted by molar-refractivity contribution is 5.89. The molecule has 0 saturated carbocycles. The largest absolute Gasteiger partial charge is 0.465 e. The van der Waals surface area contributed by atoms with Gasteiger partial charge in [0.1, 0.15) is 6.10 Å². The third-order valence-corrected chi connectivity index (χ3v) is 3.36. The van der Waals surface area contributed by atoms with Gasteiger partial charge in [-0.05, 0) is 37.5 Å². The highest BCUT2D eigenvalue weighted by Crippen LogP contribution is 2.21. The number of benzene rings is 1. The third kappa shape index (κ3) is 4.29. The summed E-state index contributed by atoms with van der Waals surface area (Å²) < 4.78 is 4.64. The quantitative estimate of drug-likeness (QED) is 0.812. The van der Waals surface area contributed by atoms with Gasteiger partial charge in [-0.2, -0.15) is 0 Å². The van der Waals surface area contributed by atoms with E-state index < -0.39 is 23.5 Å². The molecule has 0 aromatic heterocycles. The number of hydrogen-bond donors (Lipinski definition) is 2. The van der Waals surface area contributed by atoms with Gasteiger partial charge in [0.05, 0.1) is 18.2 Å². The van der Waals surface area contributed by atoms with Crippen molar-refractivity contribution in [3.05, 3.63) is 35.4 Å². The fourth-order valence-corrected chi connectivity index (χ4v) is 1.90. The van der Waals surface area contributed by atoms with E-state index in [0.29, 0.717) is 5.56 Å². The zero-order valence-corrected chi connectivity index (χ0v) is 13.1. The molecule has 0 heterocycles. The Morgan fingerprint density at radius 2 is 1.71 bits per heavy atom. The van der Waals surface area contributed by atoms with E-state index >= 15 is 0 Å². The number of aliphatic hydroxyl groups excluding tert-OH is 1. The number of methoxy groups -OCH3 is 1. The van der Waals surface area contributed by atoms with Crippen LogP contribution in [0.1, 0.15) is 43.6 Å². The monoisotopic (exact) mass is 293 g/mol. The SMILES string of the molecule is COC(=O)c1ccc(C(C)(C)NC(=O)[C@H](O)C(C)C)cc1. The molecule has 5 heteroatoms. The van der Waals surface area contributed by atoms with E-state index in [0.717, 1.165) is 5.56 Å². The van der Waals surface area contributed by atoms with Gasteiger partial charge in [0.25, 0.3) is 0 Å². The Morgan fingerprint density at radius 1 is 1.19 bits per heavy atom. The number of nitrogens with one attached hydrogen (secondary N) is 1. The number of amides is 1. The van der Waals surface area contributed by atoms with Gasteiger partial charge < -0.3 is 15.2 Å². The average Bonchev–Trinajstić information content (AvgIpc) is 2.45. The Hall–Kier alpha value is -1.88. The van der Waals surface area contributed by atoms with Crippen LogP contribution in [0.4, 0.5) is 0 Å². The molecule has 0 unspecified atom stereocenters. The standard InChI is InChI=1S/C16H23NO4/c1-10(2)13(18)14(19)17-16(3,4)12-8-6-11(7-9-12)15(20)21-5/h6-10,13,18H,1-5H3,(H,17,19)/t13-/m1/s1. The van der Waals surface area contributed by atoms with E-state index in [9.17, 15) is 14.7 Å². The van der Waals surface area contributed by atoms with Crippen LogP contribution in [-0.2, 0) is 15.1 Å². The molecule has 0 saturated heterocycles. The lowest BCUT2D eigenvalue weighted by Crippen LogP contribution is -2.47. The summed E-state index contributed by atoms with van der Waals surface area (Å²) in [6.45, 7) is 7.24. The second-order valence-electron chi connectivity index (χ2n) is 5.87. The van der Waals surface area contributed by atoms with Crippen LogP contribution in [0, 0.1) is 5.92 Å². The number of ether oxygens (including phenoxy) is 1. The van der Waals surface area contributed by atoms with E-state index in [1.54, 1.807) is 38.1 Å². The molecule has 1 aromatic rings. The van der Waals surface area contributed by atoms with Crippen molar-refractivity contribution in [3.8, 4) is 0 Å². The Labute approximate surface area is 125 Å². The van der Waals surface area contributed by atoms with Crippen molar-refractivity contribution in [2.24, 2.45) is 5.92 Å². The van der Waals surface area contributed by atoms with Gasteiger partial charge in [0, 0.05) is 0 Å². The molecule has 0 radical (unpaired) electrons. The first-order valence-corrected chi connectivity index (χ1v) is 6.88. The van der Waals surface area contributed by atoms with Crippen LogP contribution in [-0.4, -0.2) is 30.2 Å². The number of rotatable bonds is 5. The van der Waals surface area contributed by atoms with Gasteiger partial charge in [-0.25, -0.2) is 4.79 Å². The highest BCUT2D eigenvalue weighted by atomic mass is 16.5. The summed E-state index contributed by atoms with van der Waals surface area (Å²) in [4.78, 5) is 23.4. The number of aliphatic hydroxyl groups is 1. The van der Waals surface area contributed by atoms with Crippen molar-refractivity contribution < 1.29 is 19.4 Å². The molecule has 0 aliphatic rings. The Balaban J connectivity index is 2.87. The van der Waals surface area contributed by atoms with E-state index in [4.69, 9.17) is 0 Å². The number of carbonyl (C=O) groups excluding carboxylic acids is 2.